The van der Waals surface area contributed by atoms with E-state index < -0.39 is 0 Å². The lowest BCUT2D eigenvalue weighted by Crippen LogP contribution is -2.19. The summed E-state index contributed by atoms with van der Waals surface area (Å²) in [5, 5.41) is 15.7. The molecule has 0 unspecified atom stereocenters. The van der Waals surface area contributed by atoms with Gasteiger partial charge in [-0.3, -0.25) is 10.8 Å². The largest absolute Gasteiger partial charge is 0.310 e. The SMILES string of the molecule is CC1(C)c2ccccc2-c2cc(N(c3ccccc3)c3ccc(-c4ccc5ccc6c(c5c4)/C(=N/Nc4ccccc4)C(=N)C=C6)cc3)ccc21. The van der Waals surface area contributed by atoms with E-state index in [1.807, 2.05) is 42.5 Å². The average molecular weight is 657 g/mol. The first-order chi connectivity index (χ1) is 25.0. The second-order valence-electron chi connectivity index (χ2n) is 13.8. The Balaban J connectivity index is 1.11. The summed E-state index contributed by atoms with van der Waals surface area (Å²) in [6.07, 6.45) is 3.83. The Morgan fingerprint density at radius 2 is 1.22 bits per heavy atom. The number of nitrogens with one attached hydrogen (secondary N) is 2. The normalized spacial score (nSPS) is 14.6. The first-order valence-electron chi connectivity index (χ1n) is 17.4. The van der Waals surface area contributed by atoms with Crippen molar-refractivity contribution in [3.63, 3.8) is 0 Å². The van der Waals surface area contributed by atoms with E-state index in [0.29, 0.717) is 11.4 Å². The molecule has 0 amide bonds. The lowest BCUT2D eigenvalue weighted by Gasteiger charge is -2.27. The third kappa shape index (κ3) is 5.24. The Hall–Kier alpha value is -6.52. The van der Waals surface area contributed by atoms with Crippen molar-refractivity contribution in [2.45, 2.75) is 19.3 Å². The predicted octanol–water partition coefficient (Wildman–Crippen LogP) is 12.1. The zero-order chi connectivity index (χ0) is 34.5. The van der Waals surface area contributed by atoms with Gasteiger partial charge in [-0.15, -0.1) is 0 Å². The molecule has 0 radical (unpaired) electrons. The second-order valence-corrected chi connectivity index (χ2v) is 13.8. The quantitative estimate of drug-likeness (QED) is 0.175. The van der Waals surface area contributed by atoms with Crippen LogP contribution in [0.5, 0.6) is 0 Å². The van der Waals surface area contributed by atoms with E-state index in [9.17, 15) is 0 Å². The Morgan fingerprint density at radius 3 is 2.02 bits per heavy atom. The van der Waals surface area contributed by atoms with Crippen molar-refractivity contribution >= 4 is 51.0 Å². The maximum absolute atomic E-state index is 8.78. The number of fused-ring (bicyclic) bond motifs is 6. The number of rotatable bonds is 6. The monoisotopic (exact) mass is 656 g/mol. The second kappa shape index (κ2) is 12.1. The van der Waals surface area contributed by atoms with Gasteiger partial charge in [-0.1, -0.05) is 123 Å². The van der Waals surface area contributed by atoms with E-state index >= 15 is 0 Å². The van der Waals surface area contributed by atoms with Crippen molar-refractivity contribution in [3.8, 4) is 22.3 Å². The van der Waals surface area contributed by atoms with Crippen LogP contribution in [0, 0.1) is 5.41 Å². The topological polar surface area (TPSA) is 51.5 Å². The van der Waals surface area contributed by atoms with Gasteiger partial charge in [0, 0.05) is 28.0 Å². The summed E-state index contributed by atoms with van der Waals surface area (Å²) in [4.78, 5) is 2.34. The molecular formula is C47H36N4. The van der Waals surface area contributed by atoms with Crippen LogP contribution in [0.4, 0.5) is 22.7 Å². The van der Waals surface area contributed by atoms with Crippen LogP contribution in [-0.4, -0.2) is 11.4 Å². The number of hydrogen-bond acceptors (Lipinski definition) is 4. The predicted molar refractivity (Wildman–Crippen MR) is 215 cm³/mol. The number of allylic oxidation sites excluding steroid dienone is 1. The molecule has 9 rings (SSSR count). The van der Waals surface area contributed by atoms with Crippen molar-refractivity contribution < 1.29 is 0 Å². The van der Waals surface area contributed by atoms with Crippen molar-refractivity contribution in [2.75, 3.05) is 10.3 Å². The molecule has 0 heterocycles. The molecule has 4 heteroatoms. The van der Waals surface area contributed by atoms with Crippen LogP contribution in [0.25, 0.3) is 39.1 Å². The minimum absolute atomic E-state index is 0.0373. The molecule has 4 nitrogen and oxygen atoms in total. The van der Waals surface area contributed by atoms with E-state index in [-0.39, 0.29) is 5.41 Å². The molecule has 244 valence electrons. The summed E-state index contributed by atoms with van der Waals surface area (Å²) >= 11 is 0. The summed E-state index contributed by atoms with van der Waals surface area (Å²) in [6.45, 7) is 4.65. The molecule has 2 N–H and O–H groups in total. The third-order valence-electron chi connectivity index (χ3n) is 10.3. The van der Waals surface area contributed by atoms with Crippen molar-refractivity contribution in [2.24, 2.45) is 5.10 Å². The lowest BCUT2D eigenvalue weighted by molar-refractivity contribution is 0.660. The molecule has 7 aromatic carbocycles. The van der Waals surface area contributed by atoms with Crippen molar-refractivity contribution in [3.05, 3.63) is 186 Å². The molecule has 0 saturated heterocycles. The third-order valence-corrected chi connectivity index (χ3v) is 10.3. The number of nitrogens with zero attached hydrogens (tertiary/aromatic N) is 2. The van der Waals surface area contributed by atoms with Crippen LogP contribution < -0.4 is 10.3 Å². The maximum Gasteiger partial charge on any atom is 0.117 e. The van der Waals surface area contributed by atoms with Gasteiger partial charge in [-0.25, -0.2) is 0 Å². The maximum atomic E-state index is 8.78. The fourth-order valence-corrected chi connectivity index (χ4v) is 7.73. The Kier molecular flexibility index (Phi) is 7.25. The van der Waals surface area contributed by atoms with E-state index in [0.717, 1.165) is 55.8 Å². The molecule has 2 aliphatic rings. The highest BCUT2D eigenvalue weighted by molar-refractivity contribution is 6.55. The van der Waals surface area contributed by atoms with Gasteiger partial charge in [0.1, 0.15) is 5.71 Å². The fraction of sp³-hybridized carbons (Fsp3) is 0.0638. The lowest BCUT2D eigenvalue weighted by atomic mass is 9.82. The highest BCUT2D eigenvalue weighted by Gasteiger charge is 2.35. The van der Waals surface area contributed by atoms with Crippen LogP contribution in [0.3, 0.4) is 0 Å². The summed E-state index contributed by atoms with van der Waals surface area (Å²) in [7, 11) is 0. The highest BCUT2D eigenvalue weighted by Crippen LogP contribution is 2.50. The van der Waals surface area contributed by atoms with Crippen LogP contribution >= 0.6 is 0 Å². The summed E-state index contributed by atoms with van der Waals surface area (Å²) < 4.78 is 0. The number of benzene rings is 7. The first-order valence-corrected chi connectivity index (χ1v) is 17.4. The molecule has 0 bridgehead atoms. The van der Waals surface area contributed by atoms with Crippen LogP contribution in [0.1, 0.15) is 36.1 Å². The van der Waals surface area contributed by atoms with Gasteiger partial charge in [0.05, 0.1) is 11.4 Å². The average Bonchev–Trinajstić information content (AvgIpc) is 3.41. The van der Waals surface area contributed by atoms with Gasteiger partial charge in [0.25, 0.3) is 0 Å². The van der Waals surface area contributed by atoms with Gasteiger partial charge in [0.2, 0.25) is 0 Å². The van der Waals surface area contributed by atoms with E-state index in [1.165, 1.54) is 22.3 Å². The van der Waals surface area contributed by atoms with Crippen molar-refractivity contribution in [1.82, 2.24) is 0 Å². The first kappa shape index (κ1) is 30.5. The summed E-state index contributed by atoms with van der Waals surface area (Å²) in [6, 6.07) is 55.9. The molecule has 0 atom stereocenters. The molecule has 0 saturated carbocycles. The Labute approximate surface area is 298 Å². The van der Waals surface area contributed by atoms with E-state index in [2.05, 4.69) is 152 Å². The van der Waals surface area contributed by atoms with Crippen LogP contribution in [-0.2, 0) is 5.41 Å². The number of anilines is 4. The van der Waals surface area contributed by atoms with Crippen LogP contribution in [0.15, 0.2) is 169 Å². The molecule has 2 aliphatic carbocycles. The minimum atomic E-state index is -0.0373. The van der Waals surface area contributed by atoms with Gasteiger partial charge in [0.15, 0.2) is 0 Å². The fourth-order valence-electron chi connectivity index (χ4n) is 7.73. The molecular weight excluding hydrogens is 621 g/mol. The number of hydrogen-bond donors (Lipinski definition) is 2. The Bertz CT molecular complexity index is 2530. The molecule has 0 fully saturated rings. The highest BCUT2D eigenvalue weighted by atomic mass is 15.3. The van der Waals surface area contributed by atoms with E-state index in [4.69, 9.17) is 10.5 Å². The standard InChI is InChI=1S/C47H36N4/c1-47(2)42-16-10-9-15-39(42)41-30-38(26-27-43(41)47)51(36-13-7-4-8-14-36)37-24-21-31(22-25-37)34-20-18-32-17-19-33-23-28-44(48)46(45(33)40(32)29-34)50-49-35-11-5-3-6-12-35/h3-30,48-49H,1-2H3/b48-44?,50-46+. The smallest absolute Gasteiger partial charge is 0.117 e. The molecule has 51 heavy (non-hydrogen) atoms. The van der Waals surface area contributed by atoms with Crippen LogP contribution in [0.2, 0.25) is 0 Å². The van der Waals surface area contributed by atoms with Gasteiger partial charge in [-0.2, -0.15) is 5.10 Å². The zero-order valence-electron chi connectivity index (χ0n) is 28.6. The molecule has 0 aliphatic heterocycles. The minimum Gasteiger partial charge on any atom is -0.310 e. The van der Waals surface area contributed by atoms with Gasteiger partial charge >= 0.3 is 0 Å². The Morgan fingerprint density at radius 1 is 0.569 bits per heavy atom. The van der Waals surface area contributed by atoms with E-state index in [1.54, 1.807) is 0 Å². The zero-order valence-corrected chi connectivity index (χ0v) is 28.6. The van der Waals surface area contributed by atoms with Gasteiger partial charge in [-0.05, 0) is 110 Å². The number of hydrazone groups is 1. The van der Waals surface area contributed by atoms with Crippen molar-refractivity contribution in [1.29, 1.82) is 5.41 Å². The summed E-state index contributed by atoms with van der Waals surface area (Å²) in [5.74, 6) is 0. The molecule has 0 spiro atoms. The number of para-hydroxylation sites is 2. The molecule has 7 aromatic rings. The van der Waals surface area contributed by atoms with Gasteiger partial charge < -0.3 is 4.90 Å². The molecule has 0 aromatic heterocycles. The summed E-state index contributed by atoms with van der Waals surface area (Å²) in [5.41, 5.74) is 18.0.